The highest BCUT2D eigenvalue weighted by molar-refractivity contribution is 6.39. The number of para-hydroxylation sites is 1. The summed E-state index contributed by atoms with van der Waals surface area (Å²) in [6, 6.07) is 10.7. The average Bonchev–Trinajstić information content (AvgIpc) is 2.47. The zero-order chi connectivity index (χ0) is 15.0. The maximum absolute atomic E-state index is 12.2. The van der Waals surface area contributed by atoms with Crippen LogP contribution in [0.2, 0.25) is 10.0 Å². The Morgan fingerprint density at radius 3 is 2.38 bits per heavy atom. The van der Waals surface area contributed by atoms with Crippen molar-refractivity contribution in [3.8, 4) is 16.9 Å². The Bertz CT molecular complexity index is 695. The molecule has 3 rings (SSSR count). The van der Waals surface area contributed by atoms with Gasteiger partial charge in [-0.2, -0.15) is 0 Å². The first-order chi connectivity index (χ1) is 10.1. The number of carbonyl (C=O) groups is 1. The van der Waals surface area contributed by atoms with Crippen molar-refractivity contribution >= 4 is 29.0 Å². The zero-order valence-corrected chi connectivity index (χ0v) is 12.6. The third-order valence-electron chi connectivity index (χ3n) is 3.51. The smallest absolute Gasteiger partial charge is 0.170 e. The number of hydrogen-bond donors (Lipinski definition) is 1. The molecule has 5 heteroatoms. The molecule has 2 aromatic carbocycles. The van der Waals surface area contributed by atoms with Crippen molar-refractivity contribution in [2.75, 3.05) is 6.54 Å². The molecule has 0 fully saturated rings. The van der Waals surface area contributed by atoms with Crippen molar-refractivity contribution in [3.05, 3.63) is 52.0 Å². The molecular weight excluding hydrogens is 309 g/mol. The molecule has 0 saturated heterocycles. The van der Waals surface area contributed by atoms with Crippen LogP contribution in [0.5, 0.6) is 5.75 Å². The van der Waals surface area contributed by atoms with Gasteiger partial charge in [0, 0.05) is 24.1 Å². The number of hydrogen-bond acceptors (Lipinski definition) is 3. The summed E-state index contributed by atoms with van der Waals surface area (Å²) in [4.78, 5) is 12.2. The number of Topliss-reactive ketones (excluding diaryl/α,β-unsaturated/α-hetero) is 1. The first kappa shape index (κ1) is 14.4. The lowest BCUT2D eigenvalue weighted by molar-refractivity contribution is 0.0861. The Morgan fingerprint density at radius 1 is 1.10 bits per heavy atom. The van der Waals surface area contributed by atoms with E-state index >= 15 is 0 Å². The van der Waals surface area contributed by atoms with Gasteiger partial charge in [0.2, 0.25) is 0 Å². The van der Waals surface area contributed by atoms with E-state index in [2.05, 4.69) is 0 Å². The van der Waals surface area contributed by atoms with Gasteiger partial charge in [-0.1, -0.05) is 41.4 Å². The molecule has 21 heavy (non-hydrogen) atoms. The van der Waals surface area contributed by atoms with Gasteiger partial charge in [0.1, 0.15) is 11.9 Å². The molecule has 0 aromatic heterocycles. The maximum Gasteiger partial charge on any atom is 0.170 e. The van der Waals surface area contributed by atoms with Gasteiger partial charge >= 0.3 is 0 Å². The minimum Gasteiger partial charge on any atom is -0.487 e. The lowest BCUT2D eigenvalue weighted by atomic mass is 9.94. The molecule has 0 saturated carbocycles. The second kappa shape index (κ2) is 5.68. The molecule has 2 N–H and O–H groups in total. The molecule has 0 bridgehead atoms. The number of nitrogens with two attached hydrogens (primary N) is 1. The summed E-state index contributed by atoms with van der Waals surface area (Å²) in [7, 11) is 0. The fourth-order valence-electron chi connectivity index (χ4n) is 2.49. The normalized spacial score (nSPS) is 17.3. The number of ether oxygens (including phenoxy) is 1. The molecule has 1 atom stereocenters. The van der Waals surface area contributed by atoms with E-state index in [4.69, 9.17) is 33.7 Å². The van der Waals surface area contributed by atoms with Crippen molar-refractivity contribution in [3.63, 3.8) is 0 Å². The first-order valence-electron chi connectivity index (χ1n) is 6.59. The fourth-order valence-corrected chi connectivity index (χ4v) is 3.09. The second-order valence-corrected chi connectivity index (χ2v) is 5.70. The van der Waals surface area contributed by atoms with Gasteiger partial charge in [0.15, 0.2) is 5.78 Å². The Kier molecular flexibility index (Phi) is 3.89. The molecule has 0 amide bonds. The van der Waals surface area contributed by atoms with E-state index in [0.29, 0.717) is 33.3 Å². The molecule has 3 nitrogen and oxygen atoms in total. The number of ketones is 1. The quantitative estimate of drug-likeness (QED) is 0.911. The summed E-state index contributed by atoms with van der Waals surface area (Å²) in [6.45, 7) is 0.287. The van der Waals surface area contributed by atoms with E-state index in [0.717, 1.165) is 5.56 Å². The monoisotopic (exact) mass is 321 g/mol. The Hall–Kier alpha value is -1.55. The minimum atomic E-state index is -0.313. The summed E-state index contributed by atoms with van der Waals surface area (Å²) in [6.07, 6.45) is -0.0177. The van der Waals surface area contributed by atoms with E-state index < -0.39 is 0 Å². The van der Waals surface area contributed by atoms with Crippen LogP contribution in [0.3, 0.4) is 0 Å². The minimum absolute atomic E-state index is 0.0247. The van der Waals surface area contributed by atoms with Crippen LogP contribution in [-0.4, -0.2) is 18.4 Å². The van der Waals surface area contributed by atoms with Gasteiger partial charge in [-0.15, -0.1) is 0 Å². The predicted molar refractivity (Wildman–Crippen MR) is 84.3 cm³/mol. The number of rotatable bonds is 2. The van der Waals surface area contributed by atoms with Gasteiger partial charge in [0.05, 0.1) is 15.6 Å². The standard InChI is InChI=1S/C16H13Cl2NO2/c17-12-5-2-6-13(18)15(12)11-4-1-3-10-14(20)7-9(8-19)21-16(10)11/h1-6,9H,7-8,19H2/t9-/m1/s1. The SMILES string of the molecule is NC[C@H]1CC(=O)c2cccc(-c3c(Cl)cccc3Cl)c2O1. The third-order valence-corrected chi connectivity index (χ3v) is 4.14. The first-order valence-corrected chi connectivity index (χ1v) is 7.34. The van der Waals surface area contributed by atoms with Crippen LogP contribution in [0, 0.1) is 0 Å². The lowest BCUT2D eigenvalue weighted by Gasteiger charge is -2.26. The van der Waals surface area contributed by atoms with Crippen LogP contribution in [0.25, 0.3) is 11.1 Å². The van der Waals surface area contributed by atoms with E-state index in [1.54, 1.807) is 30.3 Å². The molecule has 0 radical (unpaired) electrons. The average molecular weight is 322 g/mol. The van der Waals surface area contributed by atoms with Crippen LogP contribution < -0.4 is 10.5 Å². The highest BCUT2D eigenvalue weighted by Gasteiger charge is 2.28. The lowest BCUT2D eigenvalue weighted by Crippen LogP contribution is -2.33. The molecule has 1 aliphatic rings. The van der Waals surface area contributed by atoms with Crippen molar-refractivity contribution < 1.29 is 9.53 Å². The zero-order valence-electron chi connectivity index (χ0n) is 11.1. The Labute approximate surface area is 132 Å². The highest BCUT2D eigenvalue weighted by Crippen LogP contribution is 2.43. The van der Waals surface area contributed by atoms with Crippen LogP contribution in [0.15, 0.2) is 36.4 Å². The van der Waals surface area contributed by atoms with Gasteiger partial charge in [-0.05, 0) is 18.2 Å². The fraction of sp³-hybridized carbons (Fsp3) is 0.188. The molecule has 108 valence electrons. The van der Waals surface area contributed by atoms with Gasteiger partial charge < -0.3 is 10.5 Å². The van der Waals surface area contributed by atoms with Gasteiger partial charge in [-0.3, -0.25) is 4.79 Å². The molecule has 2 aromatic rings. The highest BCUT2D eigenvalue weighted by atomic mass is 35.5. The maximum atomic E-state index is 12.2. The molecule has 0 unspecified atom stereocenters. The predicted octanol–water partition coefficient (Wildman–Crippen LogP) is 3.95. The van der Waals surface area contributed by atoms with Crippen molar-refractivity contribution in [1.82, 2.24) is 0 Å². The number of benzene rings is 2. The Morgan fingerprint density at radius 2 is 1.71 bits per heavy atom. The number of halogens is 2. The molecule has 0 aliphatic carbocycles. The van der Waals surface area contributed by atoms with Crippen LogP contribution in [0.4, 0.5) is 0 Å². The molecule has 1 aliphatic heterocycles. The number of carbonyl (C=O) groups excluding carboxylic acids is 1. The van der Waals surface area contributed by atoms with E-state index in [-0.39, 0.29) is 18.4 Å². The van der Waals surface area contributed by atoms with Crippen LogP contribution in [-0.2, 0) is 0 Å². The van der Waals surface area contributed by atoms with Gasteiger partial charge in [-0.25, -0.2) is 0 Å². The third kappa shape index (κ3) is 2.53. The largest absolute Gasteiger partial charge is 0.487 e. The summed E-state index contributed by atoms with van der Waals surface area (Å²) >= 11 is 12.5. The summed E-state index contributed by atoms with van der Waals surface area (Å²) < 4.78 is 5.88. The van der Waals surface area contributed by atoms with Crippen LogP contribution in [0.1, 0.15) is 16.8 Å². The number of fused-ring (bicyclic) bond motifs is 1. The van der Waals surface area contributed by atoms with E-state index in [1.807, 2.05) is 6.07 Å². The summed E-state index contributed by atoms with van der Waals surface area (Å²) in [5, 5.41) is 1.03. The van der Waals surface area contributed by atoms with Crippen molar-refractivity contribution in [2.45, 2.75) is 12.5 Å². The molecular formula is C16H13Cl2NO2. The Balaban J connectivity index is 2.22. The van der Waals surface area contributed by atoms with Crippen molar-refractivity contribution in [2.24, 2.45) is 5.73 Å². The molecule has 0 spiro atoms. The second-order valence-electron chi connectivity index (χ2n) is 4.88. The topological polar surface area (TPSA) is 52.3 Å². The van der Waals surface area contributed by atoms with E-state index in [1.165, 1.54) is 0 Å². The van der Waals surface area contributed by atoms with E-state index in [9.17, 15) is 4.79 Å². The molecule has 1 heterocycles. The summed E-state index contributed by atoms with van der Waals surface area (Å²) in [5.74, 6) is 0.538. The van der Waals surface area contributed by atoms with Gasteiger partial charge in [0.25, 0.3) is 0 Å². The summed E-state index contributed by atoms with van der Waals surface area (Å²) in [5.41, 5.74) is 7.58. The van der Waals surface area contributed by atoms with Crippen LogP contribution >= 0.6 is 23.2 Å². The van der Waals surface area contributed by atoms with Crippen molar-refractivity contribution in [1.29, 1.82) is 0 Å².